The van der Waals surface area contributed by atoms with Crippen molar-refractivity contribution < 1.29 is 24.6 Å². The SMILES string of the molecule is O=P(O)(O)N=C1CC(O)=CC=C1CCCCc1ccc(O)cc1. The molecular weight excluding hydrogens is 317 g/mol. The van der Waals surface area contributed by atoms with E-state index in [0.717, 1.165) is 30.4 Å². The van der Waals surface area contributed by atoms with E-state index < -0.39 is 7.75 Å². The van der Waals surface area contributed by atoms with E-state index in [1.807, 2.05) is 12.1 Å². The summed E-state index contributed by atoms with van der Waals surface area (Å²) in [6.45, 7) is 0. The van der Waals surface area contributed by atoms with Gasteiger partial charge in [0.2, 0.25) is 0 Å². The number of phenolic OH excluding ortho intramolecular Hbond substituents is 1. The van der Waals surface area contributed by atoms with Gasteiger partial charge in [-0.05, 0) is 55.0 Å². The van der Waals surface area contributed by atoms with E-state index in [1.165, 1.54) is 6.08 Å². The molecule has 23 heavy (non-hydrogen) atoms. The molecule has 0 saturated heterocycles. The van der Waals surface area contributed by atoms with Crippen molar-refractivity contribution in [3.05, 3.63) is 53.3 Å². The molecule has 0 heterocycles. The Hall–Kier alpha value is -1.88. The summed E-state index contributed by atoms with van der Waals surface area (Å²) in [5.41, 5.74) is 2.13. The van der Waals surface area contributed by atoms with Crippen LogP contribution in [-0.2, 0) is 11.0 Å². The summed E-state index contributed by atoms with van der Waals surface area (Å²) in [5, 5.41) is 18.7. The summed E-state index contributed by atoms with van der Waals surface area (Å²) >= 11 is 0. The number of aliphatic hydroxyl groups excluding tert-OH is 1. The van der Waals surface area contributed by atoms with E-state index in [0.29, 0.717) is 6.42 Å². The number of nitrogens with zero attached hydrogens (tertiary/aromatic N) is 1. The third kappa shape index (κ3) is 6.02. The zero-order valence-corrected chi connectivity index (χ0v) is 13.5. The Morgan fingerprint density at radius 1 is 1.00 bits per heavy atom. The largest absolute Gasteiger partial charge is 0.512 e. The van der Waals surface area contributed by atoms with Crippen molar-refractivity contribution in [3.8, 4) is 5.75 Å². The summed E-state index contributed by atoms with van der Waals surface area (Å²) in [7, 11) is -4.50. The molecule has 0 saturated carbocycles. The van der Waals surface area contributed by atoms with Crippen molar-refractivity contribution in [3.63, 3.8) is 0 Å². The summed E-state index contributed by atoms with van der Waals surface area (Å²) in [5.74, 6) is 0.288. The highest BCUT2D eigenvalue weighted by molar-refractivity contribution is 7.50. The average Bonchev–Trinajstić information content (AvgIpc) is 2.45. The minimum atomic E-state index is -4.50. The second-order valence-corrected chi connectivity index (χ2v) is 6.69. The molecule has 0 amide bonds. The maximum atomic E-state index is 11.1. The topological polar surface area (TPSA) is 110 Å². The number of phenols is 1. The van der Waals surface area contributed by atoms with Crippen LogP contribution >= 0.6 is 7.75 Å². The smallest absolute Gasteiger partial charge is 0.448 e. The number of unbranched alkanes of at least 4 members (excludes halogenated alkanes) is 1. The van der Waals surface area contributed by atoms with Gasteiger partial charge in [-0.15, -0.1) is 0 Å². The van der Waals surface area contributed by atoms with Gasteiger partial charge >= 0.3 is 7.75 Å². The quantitative estimate of drug-likeness (QED) is 0.470. The number of hydrogen-bond acceptors (Lipinski definition) is 3. The molecule has 0 aliphatic heterocycles. The Labute approximate surface area is 134 Å². The lowest BCUT2D eigenvalue weighted by atomic mass is 9.95. The van der Waals surface area contributed by atoms with E-state index in [2.05, 4.69) is 4.76 Å². The Morgan fingerprint density at radius 2 is 1.65 bits per heavy atom. The van der Waals surface area contributed by atoms with Crippen LogP contribution in [0.15, 0.2) is 52.5 Å². The number of aromatic hydroxyl groups is 1. The van der Waals surface area contributed by atoms with Crippen molar-refractivity contribution in [2.45, 2.75) is 32.1 Å². The van der Waals surface area contributed by atoms with Crippen LogP contribution in [0.4, 0.5) is 0 Å². The summed E-state index contributed by atoms with van der Waals surface area (Å²) in [6.07, 6.45) is 6.49. The summed E-state index contributed by atoms with van der Waals surface area (Å²) in [4.78, 5) is 18.0. The first kappa shape index (κ1) is 17.5. The van der Waals surface area contributed by atoms with Crippen LogP contribution in [0.2, 0.25) is 0 Å². The molecule has 0 bridgehead atoms. The minimum absolute atomic E-state index is 0.0463. The predicted octanol–water partition coefficient (Wildman–Crippen LogP) is 3.41. The van der Waals surface area contributed by atoms with Crippen LogP contribution in [0, 0.1) is 0 Å². The molecule has 1 aliphatic carbocycles. The lowest BCUT2D eigenvalue weighted by Gasteiger charge is -2.15. The minimum Gasteiger partial charge on any atom is -0.512 e. The lowest BCUT2D eigenvalue weighted by Crippen LogP contribution is -2.09. The number of allylic oxidation sites excluding steroid dienone is 4. The van der Waals surface area contributed by atoms with Gasteiger partial charge in [-0.25, -0.2) is 4.57 Å². The number of aliphatic hydroxyl groups is 1. The van der Waals surface area contributed by atoms with Crippen molar-refractivity contribution in [1.29, 1.82) is 0 Å². The van der Waals surface area contributed by atoms with Gasteiger partial charge in [0.05, 0.1) is 11.5 Å². The molecule has 0 fully saturated rings. The molecule has 1 aliphatic rings. The van der Waals surface area contributed by atoms with Crippen LogP contribution < -0.4 is 0 Å². The van der Waals surface area contributed by atoms with Gasteiger partial charge in [0.1, 0.15) is 5.75 Å². The standard InChI is InChI=1S/C16H20NO5P/c18-14-8-5-12(6-9-14)3-1-2-4-13-7-10-15(19)11-16(13)17-23(20,21)22/h5-10,18-19H,1-4,11H2,(H2,20,21,22). The molecule has 0 atom stereocenters. The van der Waals surface area contributed by atoms with Gasteiger partial charge in [-0.3, -0.25) is 0 Å². The lowest BCUT2D eigenvalue weighted by molar-refractivity contribution is 0.374. The first-order valence-corrected chi connectivity index (χ1v) is 8.91. The fourth-order valence-electron chi connectivity index (χ4n) is 2.43. The van der Waals surface area contributed by atoms with Crippen LogP contribution in [0.1, 0.15) is 31.2 Å². The molecule has 1 aromatic carbocycles. The van der Waals surface area contributed by atoms with E-state index in [9.17, 15) is 14.8 Å². The second-order valence-electron chi connectivity index (χ2n) is 5.46. The summed E-state index contributed by atoms with van der Waals surface area (Å²) < 4.78 is 14.5. The van der Waals surface area contributed by atoms with Crippen LogP contribution in [0.5, 0.6) is 5.75 Å². The Balaban J connectivity index is 1.91. The molecular formula is C16H20NO5P. The zero-order valence-electron chi connectivity index (χ0n) is 12.6. The Kier molecular flexibility index (Phi) is 5.77. The van der Waals surface area contributed by atoms with Gasteiger partial charge in [0, 0.05) is 6.42 Å². The zero-order chi connectivity index (χ0) is 16.9. The van der Waals surface area contributed by atoms with Gasteiger partial charge in [0.15, 0.2) is 0 Å². The third-order valence-electron chi connectivity index (χ3n) is 3.55. The predicted molar refractivity (Wildman–Crippen MR) is 88.6 cm³/mol. The molecule has 0 unspecified atom stereocenters. The first-order chi connectivity index (χ1) is 10.8. The van der Waals surface area contributed by atoms with Gasteiger partial charge in [0.25, 0.3) is 0 Å². The van der Waals surface area contributed by atoms with E-state index in [-0.39, 0.29) is 23.6 Å². The monoisotopic (exact) mass is 337 g/mol. The van der Waals surface area contributed by atoms with E-state index in [4.69, 9.17) is 9.79 Å². The first-order valence-electron chi connectivity index (χ1n) is 7.35. The van der Waals surface area contributed by atoms with Crippen molar-refractivity contribution in [1.82, 2.24) is 0 Å². The third-order valence-corrected chi connectivity index (χ3v) is 4.05. The van der Waals surface area contributed by atoms with Crippen molar-refractivity contribution in [2.75, 3.05) is 0 Å². The highest BCUT2D eigenvalue weighted by atomic mass is 31.2. The van der Waals surface area contributed by atoms with Gasteiger partial charge < -0.3 is 20.0 Å². The Morgan fingerprint density at radius 3 is 2.30 bits per heavy atom. The molecule has 0 spiro atoms. The maximum Gasteiger partial charge on any atom is 0.448 e. The molecule has 4 N–H and O–H groups in total. The normalized spacial score (nSPS) is 17.0. The molecule has 2 rings (SSSR count). The average molecular weight is 337 g/mol. The molecule has 0 radical (unpaired) electrons. The highest BCUT2D eigenvalue weighted by Gasteiger charge is 2.19. The van der Waals surface area contributed by atoms with Gasteiger partial charge in [-0.2, -0.15) is 4.76 Å². The van der Waals surface area contributed by atoms with E-state index in [1.54, 1.807) is 18.2 Å². The molecule has 6 nitrogen and oxygen atoms in total. The number of rotatable bonds is 6. The molecule has 0 aromatic heterocycles. The summed E-state index contributed by atoms with van der Waals surface area (Å²) in [6, 6.07) is 7.04. The van der Waals surface area contributed by atoms with Gasteiger partial charge in [-0.1, -0.05) is 18.2 Å². The fourth-order valence-corrected chi connectivity index (χ4v) is 2.94. The van der Waals surface area contributed by atoms with E-state index >= 15 is 0 Å². The number of aryl methyl sites for hydroxylation is 1. The number of hydrogen-bond donors (Lipinski definition) is 4. The molecule has 1 aromatic rings. The van der Waals surface area contributed by atoms with Crippen molar-refractivity contribution in [2.24, 2.45) is 4.76 Å². The second kappa shape index (κ2) is 7.59. The number of benzene rings is 1. The van der Waals surface area contributed by atoms with Crippen molar-refractivity contribution >= 4 is 13.5 Å². The van der Waals surface area contributed by atoms with Crippen LogP contribution in [0.25, 0.3) is 0 Å². The maximum absolute atomic E-state index is 11.1. The van der Waals surface area contributed by atoms with Crippen LogP contribution in [-0.4, -0.2) is 25.7 Å². The molecule has 7 heteroatoms. The highest BCUT2D eigenvalue weighted by Crippen LogP contribution is 2.38. The fraction of sp³-hybridized carbons (Fsp3) is 0.312. The Bertz CT molecular complexity index is 685. The van der Waals surface area contributed by atoms with Crippen LogP contribution in [0.3, 0.4) is 0 Å². The molecule has 124 valence electrons.